The third-order valence-electron chi connectivity index (χ3n) is 3.67. The maximum atomic E-state index is 13.1. The van der Waals surface area contributed by atoms with E-state index in [4.69, 9.17) is 5.73 Å². The number of alkyl halides is 3. The topological polar surface area (TPSA) is 29.3 Å². The average molecular weight is 272 g/mol. The van der Waals surface area contributed by atoms with E-state index in [1.165, 1.54) is 6.07 Å². The van der Waals surface area contributed by atoms with E-state index in [-0.39, 0.29) is 11.7 Å². The molecule has 106 valence electrons. The van der Waals surface area contributed by atoms with Gasteiger partial charge in [0.15, 0.2) is 0 Å². The van der Waals surface area contributed by atoms with Crippen molar-refractivity contribution in [3.05, 3.63) is 29.8 Å². The van der Waals surface area contributed by atoms with Gasteiger partial charge in [-0.1, -0.05) is 25.0 Å². The summed E-state index contributed by atoms with van der Waals surface area (Å²) in [5.74, 6) is 0. The summed E-state index contributed by atoms with van der Waals surface area (Å²) >= 11 is 0. The fourth-order valence-electron chi connectivity index (χ4n) is 2.70. The lowest BCUT2D eigenvalue weighted by molar-refractivity contribution is -0.137. The van der Waals surface area contributed by atoms with Crippen molar-refractivity contribution in [2.24, 2.45) is 5.73 Å². The number of hydrogen-bond donors (Lipinski definition) is 1. The molecule has 1 aromatic carbocycles. The van der Waals surface area contributed by atoms with Gasteiger partial charge in [0.05, 0.1) is 5.56 Å². The minimum atomic E-state index is -4.32. The summed E-state index contributed by atoms with van der Waals surface area (Å²) in [6.07, 6.45) is -0.443. The minimum absolute atomic E-state index is 0.00556. The zero-order valence-electron chi connectivity index (χ0n) is 10.8. The van der Waals surface area contributed by atoms with Gasteiger partial charge in [0.1, 0.15) is 0 Å². The highest BCUT2D eigenvalue weighted by atomic mass is 19.4. The Morgan fingerprint density at radius 3 is 2.58 bits per heavy atom. The molecule has 0 aromatic heterocycles. The van der Waals surface area contributed by atoms with E-state index in [1.807, 2.05) is 4.90 Å². The molecule has 2 N–H and O–H groups in total. The van der Waals surface area contributed by atoms with Crippen molar-refractivity contribution in [2.75, 3.05) is 18.0 Å². The number of benzene rings is 1. The quantitative estimate of drug-likeness (QED) is 0.894. The van der Waals surface area contributed by atoms with Crippen LogP contribution in [-0.4, -0.2) is 19.1 Å². The Kier molecular flexibility index (Phi) is 4.34. The molecule has 2 nitrogen and oxygen atoms in total. The van der Waals surface area contributed by atoms with Gasteiger partial charge < -0.3 is 10.6 Å². The molecule has 19 heavy (non-hydrogen) atoms. The predicted octanol–water partition coefficient (Wildman–Crippen LogP) is 3.41. The molecule has 0 radical (unpaired) electrons. The molecule has 1 aromatic rings. The second-order valence-corrected chi connectivity index (χ2v) is 4.95. The highest BCUT2D eigenvalue weighted by molar-refractivity contribution is 5.56. The normalized spacial score (nSPS) is 21.3. The lowest BCUT2D eigenvalue weighted by Crippen LogP contribution is -2.41. The smallest absolute Gasteiger partial charge is 0.367 e. The summed E-state index contributed by atoms with van der Waals surface area (Å²) in [5.41, 5.74) is 5.45. The van der Waals surface area contributed by atoms with Gasteiger partial charge in [-0.3, -0.25) is 0 Å². The van der Waals surface area contributed by atoms with E-state index in [0.29, 0.717) is 13.1 Å². The number of nitrogens with zero attached hydrogens (tertiary/aromatic N) is 1. The Morgan fingerprint density at radius 2 is 1.89 bits per heavy atom. The molecule has 1 unspecified atom stereocenters. The Bertz CT molecular complexity index is 417. The van der Waals surface area contributed by atoms with Crippen molar-refractivity contribution in [3.63, 3.8) is 0 Å². The maximum Gasteiger partial charge on any atom is 0.418 e. The Balaban J connectivity index is 2.38. The Hall–Kier alpha value is -1.23. The molecular formula is C14H19F3N2. The largest absolute Gasteiger partial charge is 0.418 e. The first-order chi connectivity index (χ1) is 9.04. The zero-order chi connectivity index (χ0) is 13.9. The average Bonchev–Trinajstić information content (AvgIpc) is 2.62. The molecule has 1 fully saturated rings. The molecule has 0 amide bonds. The van der Waals surface area contributed by atoms with Crippen LogP contribution in [0.25, 0.3) is 0 Å². The molecule has 1 heterocycles. The van der Waals surface area contributed by atoms with Crippen LogP contribution in [0.15, 0.2) is 24.3 Å². The third kappa shape index (κ3) is 3.21. The standard InChI is InChI=1S/C14H19F3N2/c15-14(16,17)12-7-3-4-8-13(12)19-9-5-1-2-6-11(19)10-18/h3-4,7-8,11H,1-2,5-6,9-10,18H2. The first-order valence-electron chi connectivity index (χ1n) is 6.67. The summed E-state index contributed by atoms with van der Waals surface area (Å²) in [4.78, 5) is 1.84. The van der Waals surface area contributed by atoms with E-state index in [0.717, 1.165) is 31.7 Å². The lowest BCUT2D eigenvalue weighted by Gasteiger charge is -2.33. The summed E-state index contributed by atoms with van der Waals surface area (Å²) in [6, 6.07) is 5.79. The van der Waals surface area contributed by atoms with Gasteiger partial charge in [-0.2, -0.15) is 13.2 Å². The number of rotatable bonds is 2. The van der Waals surface area contributed by atoms with Crippen molar-refractivity contribution < 1.29 is 13.2 Å². The molecular weight excluding hydrogens is 253 g/mol. The Labute approximate surface area is 111 Å². The second kappa shape index (κ2) is 5.82. The van der Waals surface area contributed by atoms with Gasteiger partial charge >= 0.3 is 6.18 Å². The van der Waals surface area contributed by atoms with Crippen LogP contribution in [0.2, 0.25) is 0 Å². The van der Waals surface area contributed by atoms with Crippen LogP contribution in [0.3, 0.4) is 0 Å². The van der Waals surface area contributed by atoms with Crippen molar-refractivity contribution in [2.45, 2.75) is 37.9 Å². The number of para-hydroxylation sites is 1. The van der Waals surface area contributed by atoms with E-state index in [1.54, 1.807) is 12.1 Å². The number of halogens is 3. The molecule has 5 heteroatoms. The van der Waals surface area contributed by atoms with Gasteiger partial charge in [-0.05, 0) is 25.0 Å². The minimum Gasteiger partial charge on any atom is -0.367 e. The van der Waals surface area contributed by atoms with Gasteiger partial charge in [-0.25, -0.2) is 0 Å². The van der Waals surface area contributed by atoms with Crippen LogP contribution in [0.5, 0.6) is 0 Å². The van der Waals surface area contributed by atoms with Crippen molar-refractivity contribution in [3.8, 4) is 0 Å². The van der Waals surface area contributed by atoms with Crippen LogP contribution >= 0.6 is 0 Å². The summed E-state index contributed by atoms with van der Waals surface area (Å²) in [7, 11) is 0. The summed E-state index contributed by atoms with van der Waals surface area (Å²) in [5, 5.41) is 0. The predicted molar refractivity (Wildman–Crippen MR) is 70.1 cm³/mol. The molecule has 1 aliphatic heterocycles. The summed E-state index contributed by atoms with van der Waals surface area (Å²) < 4.78 is 39.2. The van der Waals surface area contributed by atoms with E-state index >= 15 is 0 Å². The Morgan fingerprint density at radius 1 is 1.16 bits per heavy atom. The van der Waals surface area contributed by atoms with Gasteiger partial charge in [0.2, 0.25) is 0 Å². The van der Waals surface area contributed by atoms with Gasteiger partial charge in [-0.15, -0.1) is 0 Å². The van der Waals surface area contributed by atoms with Crippen molar-refractivity contribution in [1.29, 1.82) is 0 Å². The highest BCUT2D eigenvalue weighted by Gasteiger charge is 2.35. The van der Waals surface area contributed by atoms with E-state index < -0.39 is 11.7 Å². The van der Waals surface area contributed by atoms with Crippen LogP contribution in [-0.2, 0) is 6.18 Å². The molecule has 2 rings (SSSR count). The number of anilines is 1. The lowest BCUT2D eigenvalue weighted by atomic mass is 10.1. The molecule has 1 aliphatic rings. The molecule has 0 aliphatic carbocycles. The molecule has 0 saturated carbocycles. The van der Waals surface area contributed by atoms with Gasteiger partial charge in [0.25, 0.3) is 0 Å². The SMILES string of the molecule is NCC1CCCCCN1c1ccccc1C(F)(F)F. The number of hydrogen-bond acceptors (Lipinski definition) is 2. The molecule has 0 spiro atoms. The van der Waals surface area contributed by atoms with Crippen molar-refractivity contribution in [1.82, 2.24) is 0 Å². The van der Waals surface area contributed by atoms with Crippen molar-refractivity contribution >= 4 is 5.69 Å². The fraction of sp³-hybridized carbons (Fsp3) is 0.571. The van der Waals surface area contributed by atoms with E-state index in [2.05, 4.69) is 0 Å². The zero-order valence-corrected chi connectivity index (χ0v) is 10.8. The van der Waals surface area contributed by atoms with E-state index in [9.17, 15) is 13.2 Å². The first-order valence-corrected chi connectivity index (χ1v) is 6.67. The highest BCUT2D eigenvalue weighted by Crippen LogP contribution is 2.38. The number of nitrogens with two attached hydrogens (primary N) is 1. The second-order valence-electron chi connectivity index (χ2n) is 4.95. The fourth-order valence-corrected chi connectivity index (χ4v) is 2.70. The van der Waals surface area contributed by atoms with Crippen LogP contribution in [0.1, 0.15) is 31.2 Å². The van der Waals surface area contributed by atoms with Crippen LogP contribution in [0.4, 0.5) is 18.9 Å². The molecule has 0 bridgehead atoms. The molecule has 1 saturated heterocycles. The first kappa shape index (κ1) is 14.2. The maximum absolute atomic E-state index is 13.1. The van der Waals surface area contributed by atoms with Crippen LogP contribution in [0, 0.1) is 0 Å². The van der Waals surface area contributed by atoms with Crippen LogP contribution < -0.4 is 10.6 Å². The van der Waals surface area contributed by atoms with Gasteiger partial charge in [0, 0.05) is 24.8 Å². The third-order valence-corrected chi connectivity index (χ3v) is 3.67. The molecule has 1 atom stereocenters. The summed E-state index contributed by atoms with van der Waals surface area (Å²) in [6.45, 7) is 1.04. The monoisotopic (exact) mass is 272 g/mol.